The number of aliphatic hydroxyl groups is 1. The molecule has 0 fully saturated rings. The summed E-state index contributed by atoms with van der Waals surface area (Å²) in [5.41, 5.74) is 0. The number of furan rings is 1. The zero-order chi connectivity index (χ0) is 10.2. The second kappa shape index (κ2) is 6.62. The third kappa shape index (κ3) is 3.94. The molecule has 0 bridgehead atoms. The molecule has 0 aliphatic rings. The van der Waals surface area contributed by atoms with Crippen molar-refractivity contribution in [2.45, 2.75) is 39.4 Å². The number of ether oxygens (including phenoxy) is 1. The molecule has 0 amide bonds. The molecule has 0 saturated carbocycles. The smallest absolute Gasteiger partial charge is 0.129 e. The van der Waals surface area contributed by atoms with Crippen LogP contribution in [0.1, 0.15) is 37.7 Å². The SMILES string of the molecule is CCCCCOCc1ccc(CO)o1. The highest BCUT2D eigenvalue weighted by Gasteiger charge is 2.00. The van der Waals surface area contributed by atoms with Crippen molar-refractivity contribution in [1.82, 2.24) is 0 Å². The molecule has 1 heterocycles. The van der Waals surface area contributed by atoms with Gasteiger partial charge >= 0.3 is 0 Å². The number of rotatable bonds is 7. The van der Waals surface area contributed by atoms with Gasteiger partial charge in [-0.15, -0.1) is 0 Å². The number of hydrogen-bond donors (Lipinski definition) is 1. The third-order valence-corrected chi connectivity index (χ3v) is 2.01. The molecule has 0 radical (unpaired) electrons. The lowest BCUT2D eigenvalue weighted by Gasteiger charge is -2.00. The largest absolute Gasteiger partial charge is 0.461 e. The van der Waals surface area contributed by atoms with E-state index >= 15 is 0 Å². The van der Waals surface area contributed by atoms with Gasteiger partial charge in [0.15, 0.2) is 0 Å². The molecule has 14 heavy (non-hydrogen) atoms. The Bertz CT molecular complexity index is 242. The van der Waals surface area contributed by atoms with Crippen LogP contribution in [0.3, 0.4) is 0 Å². The van der Waals surface area contributed by atoms with Crippen LogP contribution in [0.4, 0.5) is 0 Å². The first-order valence-corrected chi connectivity index (χ1v) is 5.13. The average Bonchev–Trinajstić information content (AvgIpc) is 2.65. The van der Waals surface area contributed by atoms with Crippen molar-refractivity contribution in [1.29, 1.82) is 0 Å². The highest BCUT2D eigenvalue weighted by atomic mass is 16.5. The number of hydrogen-bond acceptors (Lipinski definition) is 3. The van der Waals surface area contributed by atoms with E-state index in [0.717, 1.165) is 18.8 Å². The Kier molecular flexibility index (Phi) is 5.33. The fourth-order valence-corrected chi connectivity index (χ4v) is 1.21. The maximum atomic E-state index is 8.76. The zero-order valence-corrected chi connectivity index (χ0v) is 8.66. The Balaban J connectivity index is 2.12. The highest BCUT2D eigenvalue weighted by molar-refractivity contribution is 5.05. The third-order valence-electron chi connectivity index (χ3n) is 2.01. The van der Waals surface area contributed by atoms with Gasteiger partial charge in [-0.3, -0.25) is 0 Å². The molecule has 1 aromatic heterocycles. The molecule has 0 unspecified atom stereocenters. The Morgan fingerprint density at radius 3 is 2.71 bits per heavy atom. The summed E-state index contributed by atoms with van der Waals surface area (Å²) in [4.78, 5) is 0. The van der Waals surface area contributed by atoms with Crippen molar-refractivity contribution in [2.75, 3.05) is 6.61 Å². The first kappa shape index (κ1) is 11.3. The van der Waals surface area contributed by atoms with Crippen molar-refractivity contribution < 1.29 is 14.3 Å². The van der Waals surface area contributed by atoms with Crippen molar-refractivity contribution >= 4 is 0 Å². The van der Waals surface area contributed by atoms with Crippen LogP contribution in [0, 0.1) is 0 Å². The fourth-order valence-electron chi connectivity index (χ4n) is 1.21. The van der Waals surface area contributed by atoms with Crippen molar-refractivity contribution in [2.24, 2.45) is 0 Å². The maximum absolute atomic E-state index is 8.76. The molecule has 0 saturated heterocycles. The van der Waals surface area contributed by atoms with Crippen molar-refractivity contribution in [3.05, 3.63) is 23.7 Å². The molecule has 1 aromatic rings. The van der Waals surface area contributed by atoms with E-state index in [2.05, 4.69) is 6.92 Å². The summed E-state index contributed by atoms with van der Waals surface area (Å²) in [7, 11) is 0. The quantitative estimate of drug-likeness (QED) is 0.684. The number of unbranched alkanes of at least 4 members (excludes halogenated alkanes) is 2. The first-order chi connectivity index (χ1) is 6.86. The van der Waals surface area contributed by atoms with Crippen LogP contribution >= 0.6 is 0 Å². The molecule has 0 atom stereocenters. The van der Waals surface area contributed by atoms with Gasteiger partial charge in [-0.25, -0.2) is 0 Å². The van der Waals surface area contributed by atoms with E-state index in [1.54, 1.807) is 6.07 Å². The Morgan fingerprint density at radius 1 is 1.29 bits per heavy atom. The first-order valence-electron chi connectivity index (χ1n) is 5.13. The van der Waals surface area contributed by atoms with Crippen LogP contribution in [-0.4, -0.2) is 11.7 Å². The molecule has 80 valence electrons. The van der Waals surface area contributed by atoms with Crippen LogP contribution in [0.25, 0.3) is 0 Å². The van der Waals surface area contributed by atoms with E-state index in [1.165, 1.54) is 12.8 Å². The predicted molar refractivity (Wildman–Crippen MR) is 53.8 cm³/mol. The molecule has 0 aliphatic carbocycles. The second-order valence-corrected chi connectivity index (χ2v) is 3.29. The number of aliphatic hydroxyl groups excluding tert-OH is 1. The van der Waals surface area contributed by atoms with E-state index in [1.807, 2.05) is 6.07 Å². The molecule has 0 aromatic carbocycles. The summed E-state index contributed by atoms with van der Waals surface area (Å²) >= 11 is 0. The summed E-state index contributed by atoms with van der Waals surface area (Å²) in [6, 6.07) is 3.61. The molecule has 0 aliphatic heterocycles. The van der Waals surface area contributed by atoms with Crippen LogP contribution in [0.2, 0.25) is 0 Å². The molecular weight excluding hydrogens is 180 g/mol. The lowest BCUT2D eigenvalue weighted by atomic mass is 10.3. The monoisotopic (exact) mass is 198 g/mol. The van der Waals surface area contributed by atoms with Crippen molar-refractivity contribution in [3.63, 3.8) is 0 Å². The second-order valence-electron chi connectivity index (χ2n) is 3.29. The molecule has 1 rings (SSSR count). The lowest BCUT2D eigenvalue weighted by Crippen LogP contribution is -1.94. The van der Waals surface area contributed by atoms with Gasteiger partial charge in [0.05, 0.1) is 0 Å². The summed E-state index contributed by atoms with van der Waals surface area (Å²) in [6.45, 7) is 3.41. The summed E-state index contributed by atoms with van der Waals surface area (Å²) in [5.74, 6) is 1.38. The minimum absolute atomic E-state index is 0.0458. The molecular formula is C11H18O3. The standard InChI is InChI=1S/C11H18O3/c1-2-3-4-7-13-9-11-6-5-10(8-12)14-11/h5-6,12H,2-4,7-9H2,1H3. The van der Waals surface area contributed by atoms with E-state index in [-0.39, 0.29) is 6.61 Å². The Morgan fingerprint density at radius 2 is 2.07 bits per heavy atom. The Hall–Kier alpha value is -0.800. The summed E-state index contributed by atoms with van der Waals surface area (Å²) < 4.78 is 10.7. The van der Waals surface area contributed by atoms with Gasteiger partial charge in [-0.1, -0.05) is 19.8 Å². The molecule has 0 spiro atoms. The van der Waals surface area contributed by atoms with Gasteiger partial charge in [-0.2, -0.15) is 0 Å². The van der Waals surface area contributed by atoms with Gasteiger partial charge in [-0.05, 0) is 18.6 Å². The van der Waals surface area contributed by atoms with Gasteiger partial charge in [0.25, 0.3) is 0 Å². The van der Waals surface area contributed by atoms with Crippen molar-refractivity contribution in [3.8, 4) is 0 Å². The Labute approximate surface area is 84.7 Å². The van der Waals surface area contributed by atoms with Gasteiger partial charge in [0.2, 0.25) is 0 Å². The molecule has 3 nitrogen and oxygen atoms in total. The minimum Gasteiger partial charge on any atom is -0.461 e. The molecule has 3 heteroatoms. The zero-order valence-electron chi connectivity index (χ0n) is 8.66. The van der Waals surface area contributed by atoms with Crippen LogP contribution in [0.15, 0.2) is 16.5 Å². The topological polar surface area (TPSA) is 42.6 Å². The summed E-state index contributed by atoms with van der Waals surface area (Å²) in [6.07, 6.45) is 3.52. The van der Waals surface area contributed by atoms with Crippen LogP contribution in [0.5, 0.6) is 0 Å². The van der Waals surface area contributed by atoms with Gasteiger partial charge < -0.3 is 14.3 Å². The lowest BCUT2D eigenvalue weighted by molar-refractivity contribution is 0.1000. The normalized spacial score (nSPS) is 10.7. The van der Waals surface area contributed by atoms with Gasteiger partial charge in [0.1, 0.15) is 24.7 Å². The van der Waals surface area contributed by atoms with Gasteiger partial charge in [0, 0.05) is 6.61 Å². The predicted octanol–water partition coefficient (Wildman–Crippen LogP) is 2.48. The average molecular weight is 198 g/mol. The van der Waals surface area contributed by atoms with E-state index in [4.69, 9.17) is 14.3 Å². The van der Waals surface area contributed by atoms with Crippen LogP contribution < -0.4 is 0 Å². The fraction of sp³-hybridized carbons (Fsp3) is 0.636. The van der Waals surface area contributed by atoms with E-state index in [0.29, 0.717) is 12.4 Å². The highest BCUT2D eigenvalue weighted by Crippen LogP contribution is 2.09. The molecule has 1 N–H and O–H groups in total. The summed E-state index contributed by atoms with van der Waals surface area (Å²) in [5, 5.41) is 8.76. The van der Waals surface area contributed by atoms with Crippen LogP contribution in [-0.2, 0) is 18.0 Å². The van der Waals surface area contributed by atoms with E-state index in [9.17, 15) is 0 Å². The maximum Gasteiger partial charge on any atom is 0.129 e. The minimum atomic E-state index is -0.0458. The van der Waals surface area contributed by atoms with E-state index < -0.39 is 0 Å².